The van der Waals surface area contributed by atoms with Gasteiger partial charge in [-0.25, -0.2) is 0 Å². The zero-order valence-electron chi connectivity index (χ0n) is 39.8. The first-order chi connectivity index (χ1) is 35.0. The number of benzene rings is 11. The van der Waals surface area contributed by atoms with Gasteiger partial charge in [0.15, 0.2) is 0 Å². The van der Waals surface area contributed by atoms with Crippen LogP contribution in [0.3, 0.4) is 0 Å². The smallest absolute Gasteiger partial charge is 0.0541 e. The average molecular weight is 907 g/mol. The van der Waals surface area contributed by atoms with E-state index in [1.807, 2.05) is 0 Å². The van der Waals surface area contributed by atoms with Gasteiger partial charge in [-0.05, 0) is 151 Å². The predicted octanol–water partition coefficient (Wildman–Crippen LogP) is 18.9. The number of para-hydroxylation sites is 2. The molecule has 1 aliphatic carbocycles. The van der Waals surface area contributed by atoms with Crippen LogP contribution < -0.4 is 4.90 Å². The molecule has 0 atom stereocenters. The Hall–Kier alpha value is -8.98. The van der Waals surface area contributed by atoms with Crippen LogP contribution >= 0.6 is 0 Å². The lowest BCUT2D eigenvalue weighted by Crippen LogP contribution is -2.16. The van der Waals surface area contributed by atoms with Crippen molar-refractivity contribution in [2.24, 2.45) is 0 Å². The van der Waals surface area contributed by atoms with E-state index in [0.717, 1.165) is 17.1 Å². The summed E-state index contributed by atoms with van der Waals surface area (Å²) in [4.78, 5) is 2.36. The predicted molar refractivity (Wildman–Crippen MR) is 300 cm³/mol. The summed E-state index contributed by atoms with van der Waals surface area (Å²) in [5.74, 6) is 0. The van der Waals surface area contributed by atoms with Crippen molar-refractivity contribution in [2.45, 2.75) is 19.3 Å². The Balaban J connectivity index is 0.904. The summed E-state index contributed by atoms with van der Waals surface area (Å²) in [6.45, 7) is 4.84. The molecule has 0 fully saturated rings. The molecule has 0 radical (unpaired) electrons. The molecule has 0 unspecified atom stereocenters. The Morgan fingerprint density at radius 3 is 1.31 bits per heavy atom. The van der Waals surface area contributed by atoms with Crippen molar-refractivity contribution >= 4 is 38.9 Å². The largest absolute Gasteiger partial charge is 0.311 e. The van der Waals surface area contributed by atoms with Gasteiger partial charge in [-0.3, -0.25) is 0 Å². The van der Waals surface area contributed by atoms with E-state index in [2.05, 4.69) is 290 Å². The van der Waals surface area contributed by atoms with E-state index in [1.165, 1.54) is 105 Å². The van der Waals surface area contributed by atoms with Crippen molar-refractivity contribution < 1.29 is 0 Å². The summed E-state index contributed by atoms with van der Waals surface area (Å²) in [6, 6.07) is 97.6. The van der Waals surface area contributed by atoms with Gasteiger partial charge in [0.25, 0.3) is 0 Å². The molecule has 12 aromatic rings. The zero-order chi connectivity index (χ0) is 47.5. The monoisotopic (exact) mass is 906 g/mol. The lowest BCUT2D eigenvalue weighted by Gasteiger charge is -2.26. The Kier molecular flexibility index (Phi) is 10.2. The minimum absolute atomic E-state index is 0.274. The number of nitrogens with zero attached hydrogens (tertiary/aromatic N) is 2. The minimum atomic E-state index is -0.274. The second-order valence-electron chi connectivity index (χ2n) is 19.3. The van der Waals surface area contributed by atoms with E-state index in [9.17, 15) is 0 Å². The minimum Gasteiger partial charge on any atom is -0.311 e. The van der Waals surface area contributed by atoms with Crippen LogP contribution in [0, 0.1) is 0 Å². The molecule has 13 rings (SSSR count). The molecule has 0 bridgehead atoms. The van der Waals surface area contributed by atoms with E-state index in [-0.39, 0.29) is 5.41 Å². The maximum absolute atomic E-state index is 2.46. The number of hydrogen-bond acceptors (Lipinski definition) is 1. The lowest BCUT2D eigenvalue weighted by molar-refractivity contribution is 0.662. The van der Waals surface area contributed by atoms with Crippen molar-refractivity contribution in [2.75, 3.05) is 4.90 Å². The second kappa shape index (κ2) is 17.2. The molecule has 0 N–H and O–H groups in total. The highest BCUT2D eigenvalue weighted by molar-refractivity contribution is 6.11. The van der Waals surface area contributed by atoms with Gasteiger partial charge < -0.3 is 9.47 Å². The third-order valence-corrected chi connectivity index (χ3v) is 14.8. The van der Waals surface area contributed by atoms with Gasteiger partial charge >= 0.3 is 0 Å². The Morgan fingerprint density at radius 2 is 0.732 bits per heavy atom. The number of aromatic nitrogens is 1. The van der Waals surface area contributed by atoms with Crippen molar-refractivity contribution in [1.29, 1.82) is 0 Å². The van der Waals surface area contributed by atoms with Gasteiger partial charge in [-0.2, -0.15) is 0 Å². The van der Waals surface area contributed by atoms with Crippen LogP contribution in [0.1, 0.15) is 25.0 Å². The van der Waals surface area contributed by atoms with Crippen LogP contribution in [-0.2, 0) is 5.41 Å². The summed E-state index contributed by atoms with van der Waals surface area (Å²) >= 11 is 0. The molecule has 0 spiro atoms. The van der Waals surface area contributed by atoms with Crippen LogP contribution in [0.5, 0.6) is 0 Å². The fourth-order valence-corrected chi connectivity index (χ4v) is 11.3. The number of rotatable bonds is 9. The van der Waals surface area contributed by atoms with Crippen LogP contribution in [-0.4, -0.2) is 4.57 Å². The maximum atomic E-state index is 2.46. The fourth-order valence-electron chi connectivity index (χ4n) is 11.3. The third kappa shape index (κ3) is 7.27. The van der Waals surface area contributed by atoms with E-state index >= 15 is 0 Å². The van der Waals surface area contributed by atoms with Crippen molar-refractivity contribution in [3.63, 3.8) is 0 Å². The van der Waals surface area contributed by atoms with Crippen LogP contribution in [0.2, 0.25) is 0 Å². The summed E-state index contributed by atoms with van der Waals surface area (Å²) in [7, 11) is 0. The zero-order valence-corrected chi connectivity index (χ0v) is 39.8. The molecule has 11 aromatic carbocycles. The molecule has 0 amide bonds. The van der Waals surface area contributed by atoms with Crippen molar-refractivity contribution in [3.8, 4) is 72.4 Å². The molecule has 71 heavy (non-hydrogen) atoms. The average Bonchev–Trinajstić information content (AvgIpc) is 3.90. The van der Waals surface area contributed by atoms with E-state index in [1.54, 1.807) is 0 Å². The van der Waals surface area contributed by atoms with Crippen LogP contribution in [0.15, 0.2) is 267 Å². The first-order valence-corrected chi connectivity index (χ1v) is 24.7. The number of fused-ring (bicyclic) bond motifs is 6. The second-order valence-corrected chi connectivity index (χ2v) is 19.3. The topological polar surface area (TPSA) is 8.17 Å². The number of hydrogen-bond donors (Lipinski definition) is 0. The molecule has 336 valence electrons. The summed E-state index contributed by atoms with van der Waals surface area (Å²) in [6.07, 6.45) is 0. The van der Waals surface area contributed by atoms with Crippen LogP contribution in [0.25, 0.3) is 94.3 Å². The van der Waals surface area contributed by atoms with Gasteiger partial charge in [0, 0.05) is 38.9 Å². The number of anilines is 3. The quantitative estimate of drug-likeness (QED) is 0.140. The molecule has 0 aliphatic heterocycles. The Bertz CT molecular complexity index is 3810. The summed E-state index contributed by atoms with van der Waals surface area (Å²) in [5, 5.41) is 2.51. The Labute approximate surface area is 416 Å². The van der Waals surface area contributed by atoms with Crippen molar-refractivity contribution in [1.82, 2.24) is 4.57 Å². The molecular formula is C69H50N2. The summed E-state index contributed by atoms with van der Waals surface area (Å²) in [5.41, 5.74) is 24.2. The van der Waals surface area contributed by atoms with Crippen molar-refractivity contribution in [3.05, 3.63) is 278 Å². The van der Waals surface area contributed by atoms with Crippen LogP contribution in [0.4, 0.5) is 17.1 Å². The van der Waals surface area contributed by atoms with E-state index in [4.69, 9.17) is 0 Å². The first-order valence-electron chi connectivity index (χ1n) is 24.7. The van der Waals surface area contributed by atoms with Gasteiger partial charge in [-0.1, -0.05) is 208 Å². The molecule has 2 nitrogen and oxygen atoms in total. The Morgan fingerprint density at radius 1 is 0.310 bits per heavy atom. The van der Waals surface area contributed by atoms with E-state index < -0.39 is 0 Å². The molecule has 0 saturated carbocycles. The SMILES string of the molecule is CC1(C)c2cc(-c3ccc(N(c4ccc(-c5ccccc5)cc4)c4ccc(-c5ccccc5)cc4)cc3)ccc2-c2c(-c3ccc4c(c3)c3ccccc3n4-c3ccccc3)ccc(-c3ccccc3)c21. The normalized spacial score (nSPS) is 12.5. The van der Waals surface area contributed by atoms with Gasteiger partial charge in [0.2, 0.25) is 0 Å². The fraction of sp³-hybridized carbons (Fsp3) is 0.0435. The van der Waals surface area contributed by atoms with Gasteiger partial charge in [0.1, 0.15) is 0 Å². The third-order valence-electron chi connectivity index (χ3n) is 14.8. The highest BCUT2D eigenvalue weighted by atomic mass is 15.1. The molecule has 2 heteroatoms. The standard InChI is InChI=1S/C69H50N2/c1-69(2)64-46-53(51-31-39-58(40-32-51)70(56-35-27-49(28-36-56)47-17-7-3-8-18-47)57-37-29-50(30-38-57)48-19-9-4-10-20-48)33-41-62(64)67-59(42-43-60(68(67)69)52-21-11-5-12-22-52)54-34-44-66-63(45-54)61-25-15-16-26-65(61)71(66)55-23-13-6-14-24-55/h3-46H,1-2H3. The highest BCUT2D eigenvalue weighted by Gasteiger charge is 2.39. The summed E-state index contributed by atoms with van der Waals surface area (Å²) < 4.78 is 2.40. The molecule has 1 heterocycles. The highest BCUT2D eigenvalue weighted by Crippen LogP contribution is 2.56. The molecular weight excluding hydrogens is 857 g/mol. The maximum Gasteiger partial charge on any atom is 0.0541 e. The first kappa shape index (κ1) is 42.1. The lowest BCUT2D eigenvalue weighted by atomic mass is 9.77. The van der Waals surface area contributed by atoms with Gasteiger partial charge in [0.05, 0.1) is 11.0 Å². The molecule has 1 aromatic heterocycles. The molecule has 0 saturated heterocycles. The van der Waals surface area contributed by atoms with Gasteiger partial charge in [-0.15, -0.1) is 0 Å². The molecule has 1 aliphatic rings. The van der Waals surface area contributed by atoms with E-state index in [0.29, 0.717) is 0 Å².